The minimum Gasteiger partial charge on any atom is -0.458 e. The van der Waals surface area contributed by atoms with Gasteiger partial charge in [-0.25, -0.2) is 0 Å². The molecule has 2 aromatic rings. The molecule has 0 aliphatic heterocycles. The Kier molecular flexibility index (Phi) is 5.23. The van der Waals surface area contributed by atoms with E-state index in [0.29, 0.717) is 0 Å². The van der Waals surface area contributed by atoms with Gasteiger partial charge in [0.05, 0.1) is 10.5 Å². The van der Waals surface area contributed by atoms with Crippen molar-refractivity contribution in [2.75, 3.05) is 6.54 Å². The first kappa shape index (κ1) is 14.4. The van der Waals surface area contributed by atoms with Gasteiger partial charge in [-0.1, -0.05) is 25.1 Å². The summed E-state index contributed by atoms with van der Waals surface area (Å²) in [5, 5.41) is 4.64. The molecule has 2 nitrogen and oxygen atoms in total. The Balaban J connectivity index is 2.22. The van der Waals surface area contributed by atoms with E-state index in [1.807, 2.05) is 18.2 Å². The minimum absolute atomic E-state index is 0.282. The summed E-state index contributed by atoms with van der Waals surface area (Å²) < 4.78 is 7.02. The van der Waals surface area contributed by atoms with Gasteiger partial charge in [-0.15, -0.1) is 6.58 Å². The van der Waals surface area contributed by atoms with Gasteiger partial charge >= 0.3 is 0 Å². The molecule has 0 aliphatic rings. The van der Waals surface area contributed by atoms with E-state index < -0.39 is 0 Å². The molecule has 0 spiro atoms. The Bertz CT molecular complexity index is 547. The van der Waals surface area contributed by atoms with E-state index >= 15 is 0 Å². The van der Waals surface area contributed by atoms with E-state index in [2.05, 4.69) is 46.9 Å². The lowest BCUT2D eigenvalue weighted by molar-refractivity contribution is 0.410. The molecule has 1 unspecified atom stereocenters. The van der Waals surface area contributed by atoms with Crippen LogP contribution in [0, 0.1) is 0 Å². The monoisotopic (exact) mass is 321 g/mol. The Morgan fingerprint density at radius 1 is 1.47 bits per heavy atom. The van der Waals surface area contributed by atoms with Crippen LogP contribution < -0.4 is 5.32 Å². The summed E-state index contributed by atoms with van der Waals surface area (Å²) in [5.41, 5.74) is 0.934. The van der Waals surface area contributed by atoms with Crippen molar-refractivity contribution in [3.63, 3.8) is 0 Å². The summed E-state index contributed by atoms with van der Waals surface area (Å²) in [5.74, 6) is 1.02. The van der Waals surface area contributed by atoms with Crippen LogP contribution in [0.2, 0.25) is 0 Å². The number of allylic oxidation sites excluding steroid dienone is 1. The minimum atomic E-state index is 0.282. The number of rotatable bonds is 7. The molecule has 2 rings (SSSR count). The Morgan fingerprint density at radius 3 is 3.00 bits per heavy atom. The molecule has 0 radical (unpaired) electrons. The van der Waals surface area contributed by atoms with Crippen molar-refractivity contribution in [1.82, 2.24) is 5.32 Å². The fourth-order valence-electron chi connectivity index (χ4n) is 2.28. The molecule has 3 heteroatoms. The SMILES string of the molecule is C=CCCCC(NCC)c1cc2cccc(Br)c2o1. The first-order valence-corrected chi connectivity index (χ1v) is 7.57. The van der Waals surface area contributed by atoms with Crippen LogP contribution in [0.4, 0.5) is 0 Å². The molecule has 0 aliphatic carbocycles. The summed E-state index contributed by atoms with van der Waals surface area (Å²) in [6.45, 7) is 6.84. The molecule has 0 saturated heterocycles. The normalized spacial score (nSPS) is 12.7. The molecule has 1 atom stereocenters. The van der Waals surface area contributed by atoms with E-state index in [9.17, 15) is 0 Å². The lowest BCUT2D eigenvalue weighted by Crippen LogP contribution is -2.20. The van der Waals surface area contributed by atoms with Gasteiger partial charge in [-0.2, -0.15) is 0 Å². The fourth-order valence-corrected chi connectivity index (χ4v) is 2.74. The van der Waals surface area contributed by atoms with E-state index in [4.69, 9.17) is 4.42 Å². The molecule has 0 saturated carbocycles. The van der Waals surface area contributed by atoms with Crippen LogP contribution in [0.25, 0.3) is 11.0 Å². The maximum atomic E-state index is 6.01. The third-order valence-electron chi connectivity index (χ3n) is 3.21. The van der Waals surface area contributed by atoms with Gasteiger partial charge in [-0.3, -0.25) is 0 Å². The number of halogens is 1. The van der Waals surface area contributed by atoms with Crippen LogP contribution in [0.15, 0.2) is 45.8 Å². The lowest BCUT2D eigenvalue weighted by Gasteiger charge is -2.14. The molecule has 102 valence electrons. The van der Waals surface area contributed by atoms with E-state index in [1.54, 1.807) is 0 Å². The van der Waals surface area contributed by atoms with Crippen molar-refractivity contribution in [2.45, 2.75) is 32.2 Å². The largest absolute Gasteiger partial charge is 0.458 e. The Labute approximate surface area is 123 Å². The highest BCUT2D eigenvalue weighted by molar-refractivity contribution is 9.10. The molecule has 1 heterocycles. The average molecular weight is 322 g/mol. The van der Waals surface area contributed by atoms with Crippen molar-refractivity contribution in [3.8, 4) is 0 Å². The van der Waals surface area contributed by atoms with Crippen LogP contribution in [-0.2, 0) is 0 Å². The number of fused-ring (bicyclic) bond motifs is 1. The van der Waals surface area contributed by atoms with Crippen molar-refractivity contribution in [2.24, 2.45) is 0 Å². The number of hydrogen-bond acceptors (Lipinski definition) is 2. The second-order valence-electron chi connectivity index (χ2n) is 4.64. The molecular formula is C16H20BrNO. The number of para-hydroxylation sites is 1. The van der Waals surface area contributed by atoms with Crippen LogP contribution in [0.1, 0.15) is 38.0 Å². The molecule has 1 aromatic carbocycles. The van der Waals surface area contributed by atoms with Crippen molar-refractivity contribution in [1.29, 1.82) is 0 Å². The molecule has 19 heavy (non-hydrogen) atoms. The highest BCUT2D eigenvalue weighted by Gasteiger charge is 2.15. The Hall–Kier alpha value is -1.06. The third kappa shape index (κ3) is 3.48. The summed E-state index contributed by atoms with van der Waals surface area (Å²) in [6, 6.07) is 8.55. The molecule has 0 fully saturated rings. The molecule has 1 N–H and O–H groups in total. The summed E-state index contributed by atoms with van der Waals surface area (Å²) >= 11 is 3.53. The standard InChI is InChI=1S/C16H20BrNO/c1-3-5-6-10-14(18-4-2)15-11-12-8-7-9-13(17)16(12)19-15/h3,7-9,11,14,18H,1,4-6,10H2,2H3. The first-order valence-electron chi connectivity index (χ1n) is 6.78. The number of benzene rings is 1. The second kappa shape index (κ2) is 6.92. The maximum absolute atomic E-state index is 6.01. The fraction of sp³-hybridized carbons (Fsp3) is 0.375. The highest BCUT2D eigenvalue weighted by atomic mass is 79.9. The van der Waals surface area contributed by atoms with Crippen LogP contribution in [0.3, 0.4) is 0 Å². The summed E-state index contributed by atoms with van der Waals surface area (Å²) in [6.07, 6.45) is 5.21. The zero-order valence-corrected chi connectivity index (χ0v) is 12.9. The molecular weight excluding hydrogens is 302 g/mol. The zero-order valence-electron chi connectivity index (χ0n) is 11.3. The molecule has 0 amide bonds. The van der Waals surface area contributed by atoms with Crippen molar-refractivity contribution < 1.29 is 4.42 Å². The smallest absolute Gasteiger partial charge is 0.148 e. The molecule has 0 bridgehead atoms. The van der Waals surface area contributed by atoms with Gasteiger partial charge in [0.2, 0.25) is 0 Å². The summed E-state index contributed by atoms with van der Waals surface area (Å²) in [7, 11) is 0. The van der Waals surface area contributed by atoms with Crippen LogP contribution in [0.5, 0.6) is 0 Å². The van der Waals surface area contributed by atoms with Crippen LogP contribution in [-0.4, -0.2) is 6.54 Å². The number of hydrogen-bond donors (Lipinski definition) is 1. The van der Waals surface area contributed by atoms with Gasteiger partial charge in [0.25, 0.3) is 0 Å². The zero-order chi connectivity index (χ0) is 13.7. The van der Waals surface area contributed by atoms with Gasteiger partial charge in [0.15, 0.2) is 0 Å². The predicted octanol–water partition coefficient (Wildman–Crippen LogP) is 5.20. The van der Waals surface area contributed by atoms with Crippen molar-refractivity contribution in [3.05, 3.63) is 47.2 Å². The third-order valence-corrected chi connectivity index (χ3v) is 3.83. The van der Waals surface area contributed by atoms with Crippen LogP contribution >= 0.6 is 15.9 Å². The van der Waals surface area contributed by atoms with Gasteiger partial charge in [0, 0.05) is 5.39 Å². The quantitative estimate of drug-likeness (QED) is 0.560. The van der Waals surface area contributed by atoms with E-state index in [0.717, 1.165) is 47.0 Å². The lowest BCUT2D eigenvalue weighted by atomic mass is 10.1. The topological polar surface area (TPSA) is 25.2 Å². The maximum Gasteiger partial charge on any atom is 0.148 e. The Morgan fingerprint density at radius 2 is 2.32 bits per heavy atom. The number of furan rings is 1. The summed E-state index contributed by atoms with van der Waals surface area (Å²) in [4.78, 5) is 0. The second-order valence-corrected chi connectivity index (χ2v) is 5.49. The number of unbranched alkanes of at least 4 members (excludes halogenated alkanes) is 1. The van der Waals surface area contributed by atoms with Gasteiger partial charge in [0.1, 0.15) is 11.3 Å². The van der Waals surface area contributed by atoms with Gasteiger partial charge < -0.3 is 9.73 Å². The van der Waals surface area contributed by atoms with Crippen molar-refractivity contribution >= 4 is 26.9 Å². The molecule has 1 aromatic heterocycles. The highest BCUT2D eigenvalue weighted by Crippen LogP contribution is 2.31. The van der Waals surface area contributed by atoms with Gasteiger partial charge in [-0.05, 0) is 53.9 Å². The predicted molar refractivity (Wildman–Crippen MR) is 84.4 cm³/mol. The van der Waals surface area contributed by atoms with E-state index in [-0.39, 0.29) is 6.04 Å². The number of nitrogens with one attached hydrogen (secondary N) is 1. The van der Waals surface area contributed by atoms with E-state index in [1.165, 1.54) is 0 Å². The first-order chi connectivity index (χ1) is 9.26. The average Bonchev–Trinajstić information content (AvgIpc) is 2.83.